The van der Waals surface area contributed by atoms with Gasteiger partial charge in [-0.3, -0.25) is 10.2 Å². The van der Waals surface area contributed by atoms with Crippen LogP contribution in [0.15, 0.2) is 0 Å². The maximum absolute atomic E-state index is 10.0. The van der Waals surface area contributed by atoms with Gasteiger partial charge >= 0.3 is 5.97 Å². The Bertz CT molecular complexity index is 157. The molecular formula is C6H17N5O2. The van der Waals surface area contributed by atoms with Crippen LogP contribution >= 0.6 is 0 Å². The molecule has 0 heterocycles. The molecule has 0 aromatic heterocycles. The molecule has 0 radical (unpaired) electrons. The van der Waals surface area contributed by atoms with Crippen molar-refractivity contribution in [1.29, 1.82) is 5.41 Å². The van der Waals surface area contributed by atoms with Crippen LogP contribution in [0.5, 0.6) is 0 Å². The number of carboxylic acids is 1. The fourth-order valence-corrected chi connectivity index (χ4v) is 0.461. The average Bonchev–Trinajstić information content (AvgIpc) is 1.98. The van der Waals surface area contributed by atoms with Crippen LogP contribution in [0.1, 0.15) is 12.8 Å². The van der Waals surface area contributed by atoms with Crippen molar-refractivity contribution in [2.24, 2.45) is 22.9 Å². The van der Waals surface area contributed by atoms with Gasteiger partial charge in [-0.25, -0.2) is 0 Å². The predicted molar refractivity (Wildman–Crippen MR) is 50.0 cm³/mol. The Morgan fingerprint density at radius 1 is 1.46 bits per heavy atom. The molecule has 0 aliphatic rings. The smallest absolute Gasteiger partial charge is 0.320 e. The van der Waals surface area contributed by atoms with Crippen LogP contribution in [0.4, 0.5) is 0 Å². The maximum Gasteiger partial charge on any atom is 0.320 e. The van der Waals surface area contributed by atoms with Crippen molar-refractivity contribution in [3.05, 3.63) is 0 Å². The molecule has 0 bridgehead atoms. The number of nitrogens with one attached hydrogen (secondary N) is 1. The second kappa shape index (κ2) is 8.75. The summed E-state index contributed by atoms with van der Waals surface area (Å²) in [5.41, 5.74) is 19.2. The fourth-order valence-electron chi connectivity index (χ4n) is 0.461. The lowest BCUT2D eigenvalue weighted by Gasteiger charge is -2.02. The second-order valence-corrected chi connectivity index (χ2v) is 2.33. The van der Waals surface area contributed by atoms with E-state index in [2.05, 4.69) is 11.5 Å². The summed E-state index contributed by atoms with van der Waals surface area (Å²) >= 11 is 0. The van der Waals surface area contributed by atoms with Crippen LogP contribution in [0.2, 0.25) is 0 Å². The Balaban J connectivity index is 0. The predicted octanol–water partition coefficient (Wildman–Crippen LogP) is -2.02. The van der Waals surface area contributed by atoms with Crippen LogP contribution in [0, 0.1) is 5.41 Å². The molecule has 0 aromatic carbocycles. The molecule has 0 fully saturated rings. The average molecular weight is 191 g/mol. The third-order valence-electron chi connectivity index (χ3n) is 1.04. The zero-order valence-electron chi connectivity index (χ0n) is 7.36. The van der Waals surface area contributed by atoms with Gasteiger partial charge in [0.05, 0.1) is 0 Å². The Morgan fingerprint density at radius 2 is 1.85 bits per heavy atom. The highest BCUT2D eigenvalue weighted by atomic mass is 16.4. The second-order valence-electron chi connectivity index (χ2n) is 2.33. The van der Waals surface area contributed by atoms with Crippen molar-refractivity contribution >= 4 is 11.9 Å². The summed E-state index contributed by atoms with van der Waals surface area (Å²) in [4.78, 5) is 10.0. The first-order valence-corrected chi connectivity index (χ1v) is 3.69. The van der Waals surface area contributed by atoms with Crippen LogP contribution in [0.3, 0.4) is 0 Å². The molecule has 1 atom stereocenters. The third kappa shape index (κ3) is 18.0. The molecule has 0 saturated carbocycles. The molecule has 0 aromatic rings. The van der Waals surface area contributed by atoms with E-state index in [0.717, 1.165) is 0 Å². The summed E-state index contributed by atoms with van der Waals surface area (Å²) in [5.74, 6) is -1.29. The van der Waals surface area contributed by atoms with E-state index in [1.54, 1.807) is 0 Å². The van der Waals surface area contributed by atoms with Gasteiger partial charge in [0.2, 0.25) is 0 Å². The van der Waals surface area contributed by atoms with E-state index >= 15 is 0 Å². The maximum atomic E-state index is 10.0. The first-order valence-electron chi connectivity index (χ1n) is 3.69. The van der Waals surface area contributed by atoms with Crippen molar-refractivity contribution in [2.75, 3.05) is 6.54 Å². The van der Waals surface area contributed by atoms with Gasteiger partial charge in [-0.15, -0.1) is 0 Å². The molecule has 0 saturated heterocycles. The normalized spacial score (nSPS) is 10.9. The van der Waals surface area contributed by atoms with Gasteiger partial charge in [0.15, 0.2) is 5.96 Å². The van der Waals surface area contributed by atoms with Gasteiger partial charge in [0, 0.05) is 0 Å². The summed E-state index contributed by atoms with van der Waals surface area (Å²) < 4.78 is 0. The lowest BCUT2D eigenvalue weighted by atomic mass is 10.2. The number of carboxylic acid groups (broad SMARTS) is 1. The highest BCUT2D eigenvalue weighted by Crippen LogP contribution is 1.91. The Morgan fingerprint density at radius 3 is 2.08 bits per heavy atom. The minimum Gasteiger partial charge on any atom is -0.480 e. The molecule has 0 amide bonds. The van der Waals surface area contributed by atoms with Crippen molar-refractivity contribution in [3.8, 4) is 0 Å². The lowest BCUT2D eigenvalue weighted by molar-refractivity contribution is -0.138. The van der Waals surface area contributed by atoms with Crippen LogP contribution in [-0.2, 0) is 4.79 Å². The number of hydrogen-bond donors (Lipinski definition) is 6. The third-order valence-corrected chi connectivity index (χ3v) is 1.04. The number of nitrogens with two attached hydrogens (primary N) is 4. The minimum absolute atomic E-state index is 0.333. The van der Waals surface area contributed by atoms with E-state index in [1.165, 1.54) is 0 Å². The number of guanidine groups is 1. The molecule has 13 heavy (non-hydrogen) atoms. The zero-order valence-corrected chi connectivity index (χ0v) is 7.36. The summed E-state index contributed by atoms with van der Waals surface area (Å²) in [6, 6.07) is -0.742. The van der Waals surface area contributed by atoms with Gasteiger partial charge in [0.1, 0.15) is 6.04 Å². The highest BCUT2D eigenvalue weighted by molar-refractivity contribution is 5.73. The van der Waals surface area contributed by atoms with E-state index in [4.69, 9.17) is 22.0 Å². The Hall–Kier alpha value is -1.34. The van der Waals surface area contributed by atoms with Crippen LogP contribution in [-0.4, -0.2) is 29.6 Å². The fraction of sp³-hybridized carbons (Fsp3) is 0.667. The number of aliphatic carboxylic acids is 1. The standard InChI is InChI=1S/C5H12N2O2.CH5N3/c6-3-1-2-4(7)5(8)9;2-1(3)4/h4H,1-3,6-7H2,(H,8,9);(H5,2,3,4)/t4-;/m0./s1. The zero-order chi connectivity index (χ0) is 10.9. The van der Waals surface area contributed by atoms with Gasteiger partial charge < -0.3 is 28.0 Å². The Kier molecular flexibility index (Phi) is 9.56. The van der Waals surface area contributed by atoms with E-state index in [0.29, 0.717) is 19.4 Å². The first-order chi connectivity index (χ1) is 5.91. The molecule has 7 nitrogen and oxygen atoms in total. The summed E-state index contributed by atoms with van der Waals surface area (Å²) in [6.07, 6.45) is 1.14. The molecule has 78 valence electrons. The number of carbonyl (C=O) groups is 1. The van der Waals surface area contributed by atoms with E-state index in [-0.39, 0.29) is 5.96 Å². The SMILES string of the molecule is N=C(N)N.NCCC[C@H](N)C(=O)O. The summed E-state index contributed by atoms with van der Waals surface area (Å²) in [5, 5.41) is 14.3. The van der Waals surface area contributed by atoms with E-state index in [1.807, 2.05) is 0 Å². The van der Waals surface area contributed by atoms with Crippen LogP contribution < -0.4 is 22.9 Å². The minimum atomic E-state index is -0.955. The molecular weight excluding hydrogens is 174 g/mol. The summed E-state index contributed by atoms with van der Waals surface area (Å²) in [7, 11) is 0. The molecule has 10 N–H and O–H groups in total. The monoisotopic (exact) mass is 191 g/mol. The Labute approximate surface area is 76.6 Å². The molecule has 0 unspecified atom stereocenters. The highest BCUT2D eigenvalue weighted by Gasteiger charge is 2.08. The lowest BCUT2D eigenvalue weighted by Crippen LogP contribution is -2.30. The van der Waals surface area contributed by atoms with Crippen molar-refractivity contribution in [2.45, 2.75) is 18.9 Å². The molecule has 0 rings (SSSR count). The molecule has 0 spiro atoms. The van der Waals surface area contributed by atoms with Crippen molar-refractivity contribution in [3.63, 3.8) is 0 Å². The largest absolute Gasteiger partial charge is 0.480 e. The van der Waals surface area contributed by atoms with Crippen molar-refractivity contribution < 1.29 is 9.90 Å². The van der Waals surface area contributed by atoms with Gasteiger partial charge in [-0.1, -0.05) is 0 Å². The summed E-state index contributed by atoms with van der Waals surface area (Å²) in [6.45, 7) is 0.501. The molecule has 7 heteroatoms. The van der Waals surface area contributed by atoms with Gasteiger partial charge in [-0.2, -0.15) is 0 Å². The van der Waals surface area contributed by atoms with Crippen LogP contribution in [0.25, 0.3) is 0 Å². The van der Waals surface area contributed by atoms with E-state index in [9.17, 15) is 4.79 Å². The number of rotatable bonds is 4. The van der Waals surface area contributed by atoms with Gasteiger partial charge in [-0.05, 0) is 19.4 Å². The van der Waals surface area contributed by atoms with Crippen molar-refractivity contribution in [1.82, 2.24) is 0 Å². The molecule has 0 aliphatic heterocycles. The molecule has 0 aliphatic carbocycles. The number of hydrogen-bond acceptors (Lipinski definition) is 4. The quantitative estimate of drug-likeness (QED) is 0.221. The van der Waals surface area contributed by atoms with E-state index < -0.39 is 12.0 Å². The van der Waals surface area contributed by atoms with Gasteiger partial charge in [0.25, 0.3) is 0 Å². The first kappa shape index (κ1) is 14.2. The topological polar surface area (TPSA) is 165 Å².